The summed E-state index contributed by atoms with van der Waals surface area (Å²) in [4.78, 5) is 3.84. The Labute approximate surface area is 105 Å². The number of nitrogens with zero attached hydrogens (tertiary/aromatic N) is 2. The monoisotopic (exact) mass is 281 g/mol. The zero-order valence-electron chi connectivity index (χ0n) is 8.38. The van der Waals surface area contributed by atoms with Crippen molar-refractivity contribution in [2.75, 3.05) is 17.6 Å². The molecule has 8 heteroatoms. The van der Waals surface area contributed by atoms with Gasteiger partial charge in [0.15, 0.2) is 0 Å². The molecule has 1 heterocycles. The van der Waals surface area contributed by atoms with Crippen LogP contribution in [0.5, 0.6) is 0 Å². The molecule has 0 radical (unpaired) electrons. The van der Waals surface area contributed by atoms with Gasteiger partial charge in [-0.3, -0.25) is 0 Å². The van der Waals surface area contributed by atoms with Gasteiger partial charge in [-0.1, -0.05) is 11.6 Å². The number of anilines is 1. The normalized spacial score (nSPS) is 11.0. The third-order valence-corrected chi connectivity index (χ3v) is 2.79. The Morgan fingerprint density at radius 1 is 1.53 bits per heavy atom. The summed E-state index contributed by atoms with van der Waals surface area (Å²) in [5.74, 6) is 0.0617. The van der Waals surface area contributed by atoms with E-state index >= 15 is 0 Å². The summed E-state index contributed by atoms with van der Waals surface area (Å²) in [5, 5.41) is 11.4. The molecule has 0 aliphatic heterocycles. The number of thioether (sulfide) groups is 1. The van der Waals surface area contributed by atoms with E-state index in [1.165, 1.54) is 12.3 Å². The first kappa shape index (κ1) is 13.9. The molecule has 0 saturated heterocycles. The molecule has 0 unspecified atom stereocenters. The first-order valence-electron chi connectivity index (χ1n) is 4.43. The minimum Gasteiger partial charge on any atom is -0.368 e. The van der Waals surface area contributed by atoms with Crippen molar-refractivity contribution in [3.8, 4) is 6.07 Å². The fraction of sp³-hybridized carbons (Fsp3) is 0.333. The second-order valence-electron chi connectivity index (χ2n) is 2.85. The summed E-state index contributed by atoms with van der Waals surface area (Å²) in [6, 6.07) is 3.28. The van der Waals surface area contributed by atoms with Gasteiger partial charge in [0.05, 0.1) is 5.56 Å². The maximum Gasteiger partial charge on any atom is 0.441 e. The smallest absolute Gasteiger partial charge is 0.368 e. The second-order valence-corrected chi connectivity index (χ2v) is 4.39. The third kappa shape index (κ3) is 4.71. The van der Waals surface area contributed by atoms with E-state index in [9.17, 15) is 13.2 Å². The third-order valence-electron chi connectivity index (χ3n) is 1.67. The number of nitriles is 1. The molecule has 0 bridgehead atoms. The highest BCUT2D eigenvalue weighted by Gasteiger charge is 2.27. The Balaban J connectivity index is 2.51. The van der Waals surface area contributed by atoms with E-state index in [2.05, 4.69) is 10.3 Å². The summed E-state index contributed by atoms with van der Waals surface area (Å²) in [6.45, 7) is 0.0613. The summed E-state index contributed by atoms with van der Waals surface area (Å²) in [7, 11) is 0. The van der Waals surface area contributed by atoms with Crippen LogP contribution in [0.3, 0.4) is 0 Å². The molecule has 1 aromatic heterocycles. The number of hydrogen-bond donors (Lipinski definition) is 1. The Hall–Kier alpha value is -1.13. The van der Waals surface area contributed by atoms with E-state index in [0.29, 0.717) is 0 Å². The second kappa shape index (κ2) is 5.98. The van der Waals surface area contributed by atoms with Gasteiger partial charge in [0.2, 0.25) is 0 Å². The van der Waals surface area contributed by atoms with Crippen LogP contribution in [0.25, 0.3) is 0 Å². The average molecular weight is 282 g/mol. The molecule has 0 amide bonds. The topological polar surface area (TPSA) is 48.7 Å². The lowest BCUT2D eigenvalue weighted by Gasteiger charge is -2.08. The predicted octanol–water partition coefficient (Wildman–Crippen LogP) is 3.27. The molecule has 0 spiro atoms. The first-order valence-corrected chi connectivity index (χ1v) is 5.79. The number of hydrogen-bond acceptors (Lipinski definition) is 4. The number of alkyl halides is 3. The van der Waals surface area contributed by atoms with Gasteiger partial charge in [-0.15, -0.1) is 0 Å². The Morgan fingerprint density at radius 3 is 2.82 bits per heavy atom. The quantitative estimate of drug-likeness (QED) is 0.861. The number of nitrogens with one attached hydrogen (secondary N) is 1. The molecule has 17 heavy (non-hydrogen) atoms. The molecule has 0 aliphatic carbocycles. The van der Waals surface area contributed by atoms with E-state index in [4.69, 9.17) is 16.9 Å². The van der Waals surface area contributed by atoms with Crippen molar-refractivity contribution in [2.45, 2.75) is 5.51 Å². The molecule has 92 valence electrons. The molecular weight excluding hydrogens is 275 g/mol. The van der Waals surface area contributed by atoms with E-state index < -0.39 is 5.51 Å². The highest BCUT2D eigenvalue weighted by atomic mass is 35.5. The number of halogens is 4. The van der Waals surface area contributed by atoms with Crippen molar-refractivity contribution in [2.24, 2.45) is 0 Å². The molecule has 0 aromatic carbocycles. The van der Waals surface area contributed by atoms with Crippen molar-refractivity contribution in [1.29, 1.82) is 5.26 Å². The standard InChI is InChI=1S/C9H7ClF3N3S/c10-7-6(5-14)1-2-15-8(7)16-3-4-17-9(11,12)13/h1-2H,3-4H2,(H,15,16). The molecule has 0 aliphatic rings. The fourth-order valence-electron chi connectivity index (χ4n) is 0.990. The van der Waals surface area contributed by atoms with E-state index in [-0.39, 0.29) is 40.5 Å². The molecule has 0 atom stereocenters. The van der Waals surface area contributed by atoms with Crippen LogP contribution in [0, 0.1) is 11.3 Å². The van der Waals surface area contributed by atoms with E-state index in [1.807, 2.05) is 6.07 Å². The zero-order valence-corrected chi connectivity index (χ0v) is 9.96. The van der Waals surface area contributed by atoms with Crippen LogP contribution in [0.15, 0.2) is 12.3 Å². The van der Waals surface area contributed by atoms with Gasteiger partial charge >= 0.3 is 5.51 Å². The molecule has 3 nitrogen and oxygen atoms in total. The summed E-state index contributed by atoms with van der Waals surface area (Å²) in [6.07, 6.45) is 1.36. The van der Waals surface area contributed by atoms with Crippen LogP contribution in [-0.4, -0.2) is 22.8 Å². The van der Waals surface area contributed by atoms with Gasteiger partial charge in [0, 0.05) is 18.5 Å². The lowest BCUT2D eigenvalue weighted by Crippen LogP contribution is -2.10. The van der Waals surface area contributed by atoms with Crippen LogP contribution in [0.4, 0.5) is 19.0 Å². The molecular formula is C9H7ClF3N3S. The number of rotatable bonds is 4. The van der Waals surface area contributed by atoms with Crippen molar-refractivity contribution < 1.29 is 13.2 Å². The first-order chi connectivity index (χ1) is 7.94. The van der Waals surface area contributed by atoms with Crippen LogP contribution in [-0.2, 0) is 0 Å². The van der Waals surface area contributed by atoms with Gasteiger partial charge in [0.25, 0.3) is 0 Å². The van der Waals surface area contributed by atoms with Crippen molar-refractivity contribution in [1.82, 2.24) is 4.98 Å². The van der Waals surface area contributed by atoms with Gasteiger partial charge in [-0.05, 0) is 17.8 Å². The van der Waals surface area contributed by atoms with Crippen LogP contribution >= 0.6 is 23.4 Å². The van der Waals surface area contributed by atoms with Crippen LogP contribution in [0.1, 0.15) is 5.56 Å². The molecule has 1 N–H and O–H groups in total. The van der Waals surface area contributed by atoms with Gasteiger partial charge in [0.1, 0.15) is 16.9 Å². The van der Waals surface area contributed by atoms with Crippen LogP contribution in [0.2, 0.25) is 5.02 Å². The molecule has 0 fully saturated rings. The van der Waals surface area contributed by atoms with Gasteiger partial charge < -0.3 is 5.32 Å². The highest BCUT2D eigenvalue weighted by Crippen LogP contribution is 2.30. The summed E-state index contributed by atoms with van der Waals surface area (Å²) in [5.41, 5.74) is -4.01. The fourth-order valence-corrected chi connectivity index (χ4v) is 1.65. The lowest BCUT2D eigenvalue weighted by atomic mass is 10.3. The summed E-state index contributed by atoms with van der Waals surface area (Å²) < 4.78 is 35.5. The Morgan fingerprint density at radius 2 is 2.24 bits per heavy atom. The predicted molar refractivity (Wildman–Crippen MR) is 61.0 cm³/mol. The van der Waals surface area contributed by atoms with Gasteiger partial charge in [-0.2, -0.15) is 18.4 Å². The molecule has 1 rings (SSSR count). The average Bonchev–Trinajstić information content (AvgIpc) is 2.25. The minimum atomic E-state index is -4.24. The van der Waals surface area contributed by atoms with Crippen molar-refractivity contribution in [3.05, 3.63) is 22.8 Å². The minimum absolute atomic E-state index is 0.0613. The lowest BCUT2D eigenvalue weighted by molar-refractivity contribution is -0.0327. The van der Waals surface area contributed by atoms with Crippen LogP contribution < -0.4 is 5.32 Å². The summed E-state index contributed by atoms with van der Waals surface area (Å²) >= 11 is 5.67. The molecule has 0 saturated carbocycles. The SMILES string of the molecule is N#Cc1ccnc(NCCSC(F)(F)F)c1Cl. The maximum atomic E-state index is 11.8. The van der Waals surface area contributed by atoms with Crippen molar-refractivity contribution >= 4 is 29.2 Å². The van der Waals surface area contributed by atoms with E-state index in [1.54, 1.807) is 0 Å². The number of aromatic nitrogens is 1. The van der Waals surface area contributed by atoms with Gasteiger partial charge in [-0.25, -0.2) is 4.98 Å². The number of pyridine rings is 1. The molecule has 1 aromatic rings. The Bertz CT molecular complexity index is 430. The Kier molecular flexibility index (Phi) is 4.90. The largest absolute Gasteiger partial charge is 0.441 e. The highest BCUT2D eigenvalue weighted by molar-refractivity contribution is 8.00. The zero-order chi connectivity index (χ0) is 12.9. The van der Waals surface area contributed by atoms with Crippen molar-refractivity contribution in [3.63, 3.8) is 0 Å². The van der Waals surface area contributed by atoms with E-state index in [0.717, 1.165) is 0 Å². The maximum absolute atomic E-state index is 11.8.